The van der Waals surface area contributed by atoms with Gasteiger partial charge in [0.05, 0.1) is 19.4 Å². The van der Waals surface area contributed by atoms with Crippen LogP contribution in [-0.2, 0) is 22.6 Å². The molecular weight excluding hydrogens is 206 g/mol. The second kappa shape index (κ2) is 6.59. The number of methoxy groups -OCH3 is 1. The Kier molecular flexibility index (Phi) is 5.03. The summed E-state index contributed by atoms with van der Waals surface area (Å²) in [7, 11) is 1.29. The van der Waals surface area contributed by atoms with Gasteiger partial charge in [0.2, 0.25) is 0 Å². The van der Waals surface area contributed by atoms with Gasteiger partial charge in [-0.15, -0.1) is 0 Å². The summed E-state index contributed by atoms with van der Waals surface area (Å²) in [5, 5.41) is 9.03. The molecule has 0 spiro atoms. The fourth-order valence-electron chi connectivity index (χ4n) is 1.22. The molecule has 4 nitrogen and oxygen atoms in total. The van der Waals surface area contributed by atoms with E-state index < -0.39 is 5.97 Å². The first-order valence-electron chi connectivity index (χ1n) is 4.88. The summed E-state index contributed by atoms with van der Waals surface area (Å²) in [6.07, 6.45) is 2.83. The van der Waals surface area contributed by atoms with Crippen LogP contribution in [0.15, 0.2) is 18.3 Å². The number of pyridine rings is 1. The molecular formula is C12H13NO3. The van der Waals surface area contributed by atoms with E-state index in [4.69, 9.17) is 5.11 Å². The Labute approximate surface area is 94.3 Å². The number of aliphatic hydroxyl groups is 1. The monoisotopic (exact) mass is 219 g/mol. The van der Waals surface area contributed by atoms with E-state index in [0.29, 0.717) is 18.5 Å². The zero-order valence-electron chi connectivity index (χ0n) is 9.06. The number of aryl methyl sites for hydroxylation is 1. The van der Waals surface area contributed by atoms with E-state index in [-0.39, 0.29) is 6.61 Å². The number of carbonyl (C=O) groups is 1. The molecule has 0 fully saturated rings. The molecule has 0 bridgehead atoms. The Morgan fingerprint density at radius 2 is 2.44 bits per heavy atom. The molecule has 0 radical (unpaired) electrons. The van der Waals surface area contributed by atoms with Gasteiger partial charge < -0.3 is 9.84 Å². The largest absolute Gasteiger partial charge is 0.459 e. The summed E-state index contributed by atoms with van der Waals surface area (Å²) >= 11 is 0. The molecule has 16 heavy (non-hydrogen) atoms. The van der Waals surface area contributed by atoms with Crippen LogP contribution in [0.1, 0.15) is 17.7 Å². The van der Waals surface area contributed by atoms with E-state index in [1.54, 1.807) is 6.20 Å². The van der Waals surface area contributed by atoms with Crippen LogP contribution in [0.3, 0.4) is 0 Å². The lowest BCUT2D eigenvalue weighted by molar-refractivity contribution is -0.133. The van der Waals surface area contributed by atoms with Crippen molar-refractivity contribution in [3.63, 3.8) is 0 Å². The number of aromatic nitrogens is 1. The van der Waals surface area contributed by atoms with Crippen LogP contribution in [0.4, 0.5) is 0 Å². The molecule has 0 amide bonds. The first kappa shape index (κ1) is 12.2. The van der Waals surface area contributed by atoms with Crippen molar-refractivity contribution in [1.82, 2.24) is 4.98 Å². The first-order chi connectivity index (χ1) is 7.77. The Hall–Kier alpha value is -1.86. The first-order valence-corrected chi connectivity index (χ1v) is 4.88. The van der Waals surface area contributed by atoms with Crippen LogP contribution in [0.2, 0.25) is 0 Å². The minimum absolute atomic E-state index is 0.0827. The highest BCUT2D eigenvalue weighted by molar-refractivity contribution is 5.88. The number of carbonyl (C=O) groups excluding carboxylic acids is 1. The fourth-order valence-corrected chi connectivity index (χ4v) is 1.22. The van der Waals surface area contributed by atoms with Crippen molar-refractivity contribution >= 4 is 5.97 Å². The molecule has 0 aliphatic carbocycles. The molecule has 0 aromatic carbocycles. The zero-order chi connectivity index (χ0) is 11.8. The molecule has 1 heterocycles. The van der Waals surface area contributed by atoms with E-state index in [2.05, 4.69) is 21.6 Å². The summed E-state index contributed by atoms with van der Waals surface area (Å²) in [6, 6.07) is 3.70. The number of nitrogens with zero attached hydrogens (tertiary/aromatic N) is 1. The van der Waals surface area contributed by atoms with Gasteiger partial charge in [0.25, 0.3) is 0 Å². The second-order valence-corrected chi connectivity index (χ2v) is 3.06. The molecule has 1 aromatic rings. The third-order valence-electron chi connectivity index (χ3n) is 2.03. The lowest BCUT2D eigenvalue weighted by Crippen LogP contribution is -1.97. The van der Waals surface area contributed by atoms with Gasteiger partial charge in [-0.1, -0.05) is 12.0 Å². The molecule has 0 saturated heterocycles. The fraction of sp³-hybridized carbons (Fsp3) is 0.333. The molecule has 1 aromatic heterocycles. The average Bonchev–Trinajstić information content (AvgIpc) is 2.34. The Balaban J connectivity index is 2.53. The zero-order valence-corrected chi connectivity index (χ0v) is 9.06. The summed E-state index contributed by atoms with van der Waals surface area (Å²) in [6.45, 7) is -0.0827. The number of hydrogen-bond acceptors (Lipinski definition) is 4. The molecule has 1 N–H and O–H groups in total. The lowest BCUT2D eigenvalue weighted by Gasteiger charge is -2.02. The highest BCUT2D eigenvalue weighted by Crippen LogP contribution is 2.07. The van der Waals surface area contributed by atoms with E-state index in [1.807, 2.05) is 12.1 Å². The molecule has 0 unspecified atom stereocenters. The van der Waals surface area contributed by atoms with Crippen LogP contribution >= 0.6 is 0 Å². The topological polar surface area (TPSA) is 59.4 Å². The van der Waals surface area contributed by atoms with Gasteiger partial charge in [0.1, 0.15) is 0 Å². The number of hydrogen-bond donors (Lipinski definition) is 1. The SMILES string of the molecule is COC(=O)C#CCCc1cccnc1CO. The standard InChI is InChI=1S/C12H13NO3/c1-16-12(15)7-3-2-5-10-6-4-8-13-11(10)9-14/h4,6,8,14H,2,5,9H2,1H3. The third-order valence-corrected chi connectivity index (χ3v) is 2.03. The van der Waals surface area contributed by atoms with Gasteiger partial charge in [-0.2, -0.15) is 0 Å². The summed E-state index contributed by atoms with van der Waals surface area (Å²) in [5.74, 6) is 4.51. The summed E-state index contributed by atoms with van der Waals surface area (Å²) < 4.78 is 4.38. The second-order valence-electron chi connectivity index (χ2n) is 3.06. The van der Waals surface area contributed by atoms with E-state index in [1.165, 1.54) is 7.11 Å². The van der Waals surface area contributed by atoms with E-state index in [9.17, 15) is 4.79 Å². The van der Waals surface area contributed by atoms with Gasteiger partial charge in [0.15, 0.2) is 0 Å². The minimum Gasteiger partial charge on any atom is -0.459 e. The smallest absolute Gasteiger partial charge is 0.384 e. The average molecular weight is 219 g/mol. The molecule has 1 rings (SSSR count). The summed E-state index contributed by atoms with van der Waals surface area (Å²) in [4.78, 5) is 14.7. The molecule has 0 atom stereocenters. The van der Waals surface area contributed by atoms with Crippen LogP contribution in [0.25, 0.3) is 0 Å². The lowest BCUT2D eigenvalue weighted by atomic mass is 10.1. The molecule has 0 saturated carbocycles. The maximum Gasteiger partial charge on any atom is 0.384 e. The Morgan fingerprint density at radius 1 is 1.62 bits per heavy atom. The van der Waals surface area contributed by atoms with Crippen molar-refractivity contribution in [2.45, 2.75) is 19.4 Å². The summed E-state index contributed by atoms with van der Waals surface area (Å²) in [5.41, 5.74) is 1.60. The van der Waals surface area contributed by atoms with Crippen molar-refractivity contribution in [2.24, 2.45) is 0 Å². The van der Waals surface area contributed by atoms with Crippen LogP contribution in [0, 0.1) is 11.8 Å². The van der Waals surface area contributed by atoms with E-state index >= 15 is 0 Å². The maximum absolute atomic E-state index is 10.7. The number of aliphatic hydroxyl groups excluding tert-OH is 1. The Bertz CT molecular complexity index is 418. The third kappa shape index (κ3) is 3.71. The molecule has 0 aliphatic rings. The van der Waals surface area contributed by atoms with Crippen molar-refractivity contribution in [3.8, 4) is 11.8 Å². The van der Waals surface area contributed by atoms with Crippen molar-refractivity contribution in [2.75, 3.05) is 7.11 Å². The van der Waals surface area contributed by atoms with Gasteiger partial charge in [-0.25, -0.2) is 4.79 Å². The van der Waals surface area contributed by atoms with Crippen molar-refractivity contribution in [1.29, 1.82) is 0 Å². The van der Waals surface area contributed by atoms with Gasteiger partial charge in [0, 0.05) is 18.5 Å². The number of ether oxygens (including phenoxy) is 1. The number of esters is 1. The quantitative estimate of drug-likeness (QED) is 0.461. The Morgan fingerprint density at radius 3 is 3.12 bits per heavy atom. The number of rotatable bonds is 3. The van der Waals surface area contributed by atoms with Gasteiger partial charge >= 0.3 is 5.97 Å². The molecule has 0 aliphatic heterocycles. The van der Waals surface area contributed by atoms with Gasteiger partial charge in [-0.05, 0) is 18.1 Å². The van der Waals surface area contributed by atoms with Crippen molar-refractivity contribution < 1.29 is 14.6 Å². The highest BCUT2D eigenvalue weighted by atomic mass is 16.5. The molecule has 84 valence electrons. The predicted octanol–water partition coefficient (Wildman–Crippen LogP) is 0.683. The normalized spacial score (nSPS) is 9.12. The molecule has 4 heteroatoms. The van der Waals surface area contributed by atoms with Crippen molar-refractivity contribution in [3.05, 3.63) is 29.6 Å². The minimum atomic E-state index is -0.534. The predicted molar refractivity (Wildman–Crippen MR) is 58.3 cm³/mol. The van der Waals surface area contributed by atoms with Crippen LogP contribution in [0.5, 0.6) is 0 Å². The maximum atomic E-state index is 10.7. The highest BCUT2D eigenvalue weighted by Gasteiger charge is 2.00. The van der Waals surface area contributed by atoms with Crippen LogP contribution in [-0.4, -0.2) is 23.2 Å². The van der Waals surface area contributed by atoms with Crippen LogP contribution < -0.4 is 0 Å². The van der Waals surface area contributed by atoms with Gasteiger partial charge in [-0.3, -0.25) is 4.98 Å². The van der Waals surface area contributed by atoms with E-state index in [0.717, 1.165) is 5.56 Å².